The Morgan fingerprint density at radius 3 is 2.85 bits per heavy atom. The molecule has 132 valence electrons. The maximum absolute atomic E-state index is 12.6. The molecule has 7 nitrogen and oxygen atoms in total. The summed E-state index contributed by atoms with van der Waals surface area (Å²) in [6.45, 7) is 4.85. The Labute approximate surface area is 150 Å². The van der Waals surface area contributed by atoms with Crippen molar-refractivity contribution in [1.82, 2.24) is 28.6 Å². The van der Waals surface area contributed by atoms with Crippen LogP contribution in [0, 0.1) is 0 Å². The predicted molar refractivity (Wildman–Crippen MR) is 99.0 cm³/mol. The summed E-state index contributed by atoms with van der Waals surface area (Å²) in [6.07, 6.45) is 2.14. The summed E-state index contributed by atoms with van der Waals surface area (Å²) in [5.74, 6) is 1.44. The van der Waals surface area contributed by atoms with Gasteiger partial charge in [0.05, 0.1) is 17.4 Å². The standard InChI is InChI=1S/C19H20N6O/c1-13-15-8-5-9-23(15)10-11-24(13)12-17-20-21-19-22(2)18(26)14-6-3-4-7-16(14)25(17)19/h3-9,13H,10-12H2,1-2H3. The smallest absolute Gasteiger partial charge is 0.262 e. The van der Waals surface area contributed by atoms with E-state index in [0.29, 0.717) is 23.8 Å². The number of aryl methyl sites for hydroxylation is 1. The van der Waals surface area contributed by atoms with Crippen LogP contribution in [0.4, 0.5) is 0 Å². The van der Waals surface area contributed by atoms with Gasteiger partial charge in [0.1, 0.15) is 0 Å². The molecule has 1 aromatic carbocycles. The van der Waals surface area contributed by atoms with Crippen LogP contribution < -0.4 is 5.56 Å². The Kier molecular flexibility index (Phi) is 3.27. The number of hydrogen-bond donors (Lipinski definition) is 0. The number of rotatable bonds is 2. The minimum Gasteiger partial charge on any atom is -0.349 e. The van der Waals surface area contributed by atoms with Crippen LogP contribution in [0.1, 0.15) is 24.5 Å². The minimum absolute atomic E-state index is 0.0452. The van der Waals surface area contributed by atoms with Gasteiger partial charge in [0.25, 0.3) is 5.56 Å². The molecule has 5 rings (SSSR count). The molecule has 4 aromatic rings. The van der Waals surface area contributed by atoms with Crippen LogP contribution in [-0.2, 0) is 20.1 Å². The molecule has 0 amide bonds. The Hall–Kier alpha value is -2.93. The van der Waals surface area contributed by atoms with Crippen LogP contribution in [-0.4, -0.2) is 35.2 Å². The van der Waals surface area contributed by atoms with E-state index in [2.05, 4.69) is 44.9 Å². The molecular weight excluding hydrogens is 328 g/mol. The monoisotopic (exact) mass is 348 g/mol. The van der Waals surface area contributed by atoms with E-state index >= 15 is 0 Å². The second-order valence-electron chi connectivity index (χ2n) is 6.91. The van der Waals surface area contributed by atoms with Gasteiger partial charge in [-0.25, -0.2) is 0 Å². The third kappa shape index (κ3) is 2.07. The highest BCUT2D eigenvalue weighted by Gasteiger charge is 2.25. The number of aromatic nitrogens is 5. The number of para-hydroxylation sites is 1. The van der Waals surface area contributed by atoms with E-state index in [0.717, 1.165) is 24.4 Å². The molecule has 0 fully saturated rings. The SMILES string of the molecule is CC1c2cccn2CCN1Cc1nnc2n(C)c(=O)c3ccccc3n12. The molecule has 1 aliphatic heterocycles. The molecular formula is C19H20N6O. The zero-order valence-electron chi connectivity index (χ0n) is 14.8. The van der Waals surface area contributed by atoms with Gasteiger partial charge in [0.15, 0.2) is 5.82 Å². The second-order valence-corrected chi connectivity index (χ2v) is 6.91. The molecule has 0 saturated heterocycles. The van der Waals surface area contributed by atoms with E-state index in [1.807, 2.05) is 28.7 Å². The highest BCUT2D eigenvalue weighted by atomic mass is 16.1. The average molecular weight is 348 g/mol. The van der Waals surface area contributed by atoms with Gasteiger partial charge in [0.2, 0.25) is 5.78 Å². The quantitative estimate of drug-likeness (QED) is 0.556. The van der Waals surface area contributed by atoms with Gasteiger partial charge in [-0.2, -0.15) is 0 Å². The lowest BCUT2D eigenvalue weighted by atomic mass is 10.1. The summed E-state index contributed by atoms with van der Waals surface area (Å²) in [4.78, 5) is 15.0. The van der Waals surface area contributed by atoms with E-state index in [1.54, 1.807) is 11.6 Å². The zero-order valence-corrected chi connectivity index (χ0v) is 14.8. The maximum atomic E-state index is 12.6. The van der Waals surface area contributed by atoms with Crippen molar-refractivity contribution < 1.29 is 0 Å². The van der Waals surface area contributed by atoms with Crippen LogP contribution in [0.3, 0.4) is 0 Å². The first kappa shape index (κ1) is 15.3. The molecule has 1 unspecified atom stereocenters. The van der Waals surface area contributed by atoms with Crippen molar-refractivity contribution in [2.45, 2.75) is 26.1 Å². The van der Waals surface area contributed by atoms with Crippen molar-refractivity contribution in [2.75, 3.05) is 6.54 Å². The summed E-state index contributed by atoms with van der Waals surface area (Å²) in [7, 11) is 1.75. The lowest BCUT2D eigenvalue weighted by Crippen LogP contribution is -2.36. The van der Waals surface area contributed by atoms with E-state index in [9.17, 15) is 4.79 Å². The molecule has 0 saturated carbocycles. The molecule has 0 N–H and O–H groups in total. The van der Waals surface area contributed by atoms with Crippen LogP contribution in [0.2, 0.25) is 0 Å². The summed E-state index contributed by atoms with van der Waals surface area (Å²) in [5, 5.41) is 9.41. The van der Waals surface area contributed by atoms with Gasteiger partial charge < -0.3 is 4.57 Å². The molecule has 1 atom stereocenters. The first-order chi connectivity index (χ1) is 12.6. The molecule has 26 heavy (non-hydrogen) atoms. The summed E-state index contributed by atoms with van der Waals surface area (Å²) in [6, 6.07) is 12.2. The average Bonchev–Trinajstić information content (AvgIpc) is 3.30. The maximum Gasteiger partial charge on any atom is 0.262 e. The van der Waals surface area contributed by atoms with E-state index < -0.39 is 0 Å². The van der Waals surface area contributed by atoms with Crippen molar-refractivity contribution >= 4 is 16.7 Å². The Morgan fingerprint density at radius 1 is 1.12 bits per heavy atom. The molecule has 7 heteroatoms. The lowest BCUT2D eigenvalue weighted by Gasteiger charge is -2.34. The van der Waals surface area contributed by atoms with Gasteiger partial charge in [0, 0.05) is 38.1 Å². The van der Waals surface area contributed by atoms with Gasteiger partial charge in [-0.15, -0.1) is 10.2 Å². The number of nitrogens with zero attached hydrogens (tertiary/aromatic N) is 6. The topological polar surface area (TPSA) is 60.4 Å². The summed E-state index contributed by atoms with van der Waals surface area (Å²) in [5.41, 5.74) is 2.14. The van der Waals surface area contributed by atoms with E-state index in [-0.39, 0.29) is 5.56 Å². The fourth-order valence-corrected chi connectivity index (χ4v) is 4.02. The van der Waals surface area contributed by atoms with Gasteiger partial charge >= 0.3 is 0 Å². The molecule has 0 spiro atoms. The highest BCUT2D eigenvalue weighted by molar-refractivity contribution is 5.80. The summed E-state index contributed by atoms with van der Waals surface area (Å²) >= 11 is 0. The van der Waals surface area contributed by atoms with Gasteiger partial charge in [-0.3, -0.25) is 18.7 Å². The number of benzene rings is 1. The van der Waals surface area contributed by atoms with Crippen molar-refractivity contribution in [2.24, 2.45) is 7.05 Å². The van der Waals surface area contributed by atoms with Crippen molar-refractivity contribution in [3.8, 4) is 0 Å². The largest absolute Gasteiger partial charge is 0.349 e. The first-order valence-corrected chi connectivity index (χ1v) is 8.86. The number of fused-ring (bicyclic) bond motifs is 4. The zero-order chi connectivity index (χ0) is 17.8. The first-order valence-electron chi connectivity index (χ1n) is 8.86. The molecule has 4 heterocycles. The van der Waals surface area contributed by atoms with E-state index in [4.69, 9.17) is 0 Å². The van der Waals surface area contributed by atoms with Gasteiger partial charge in [-0.1, -0.05) is 12.1 Å². The molecule has 0 radical (unpaired) electrons. The predicted octanol–water partition coefficient (Wildman–Crippen LogP) is 1.96. The third-order valence-corrected chi connectivity index (χ3v) is 5.51. The fraction of sp³-hybridized carbons (Fsp3) is 0.316. The minimum atomic E-state index is -0.0452. The van der Waals surface area contributed by atoms with Crippen molar-refractivity contribution in [1.29, 1.82) is 0 Å². The fourth-order valence-electron chi connectivity index (χ4n) is 4.02. The summed E-state index contributed by atoms with van der Waals surface area (Å²) < 4.78 is 5.89. The highest BCUT2D eigenvalue weighted by Crippen LogP contribution is 2.27. The molecule has 0 aliphatic carbocycles. The third-order valence-electron chi connectivity index (χ3n) is 5.51. The normalized spacial score (nSPS) is 17.8. The van der Waals surface area contributed by atoms with Crippen molar-refractivity contribution in [3.05, 3.63) is 64.5 Å². The van der Waals surface area contributed by atoms with E-state index in [1.165, 1.54) is 5.69 Å². The molecule has 3 aromatic heterocycles. The molecule has 1 aliphatic rings. The van der Waals surface area contributed by atoms with Crippen LogP contribution in [0.5, 0.6) is 0 Å². The van der Waals surface area contributed by atoms with Crippen LogP contribution in [0.15, 0.2) is 47.4 Å². The number of hydrogen-bond acceptors (Lipinski definition) is 4. The van der Waals surface area contributed by atoms with Crippen LogP contribution in [0.25, 0.3) is 16.7 Å². The Morgan fingerprint density at radius 2 is 1.96 bits per heavy atom. The van der Waals surface area contributed by atoms with Gasteiger partial charge in [-0.05, 0) is 31.2 Å². The van der Waals surface area contributed by atoms with Crippen molar-refractivity contribution in [3.63, 3.8) is 0 Å². The Bertz CT molecular complexity index is 1180. The second kappa shape index (κ2) is 5.54. The Balaban J connectivity index is 1.64. The van der Waals surface area contributed by atoms with Crippen LogP contribution >= 0.6 is 0 Å². The molecule has 0 bridgehead atoms. The lowest BCUT2D eigenvalue weighted by molar-refractivity contribution is 0.156.